The standard InChI is InChI=1S/C11H25NO3S/c1-5-10(4)16(14,15)8-11(13)7-12-6-9(2)3/h9-13H,5-8H2,1-4H3. The molecule has 2 N–H and O–H groups in total. The van der Waals surface area contributed by atoms with Gasteiger partial charge in [0.1, 0.15) is 0 Å². The van der Waals surface area contributed by atoms with Crippen LogP contribution in [0.4, 0.5) is 0 Å². The maximum atomic E-state index is 11.7. The Morgan fingerprint density at radius 3 is 2.19 bits per heavy atom. The first-order valence-corrected chi connectivity index (χ1v) is 7.61. The van der Waals surface area contributed by atoms with Crippen LogP contribution in [0.2, 0.25) is 0 Å². The first-order valence-electron chi connectivity index (χ1n) is 5.90. The highest BCUT2D eigenvalue weighted by Crippen LogP contribution is 2.07. The number of nitrogens with one attached hydrogen (secondary N) is 1. The van der Waals surface area contributed by atoms with Crippen molar-refractivity contribution in [1.29, 1.82) is 0 Å². The lowest BCUT2D eigenvalue weighted by molar-refractivity contribution is 0.192. The third-order valence-electron chi connectivity index (χ3n) is 2.55. The highest BCUT2D eigenvalue weighted by molar-refractivity contribution is 7.92. The summed E-state index contributed by atoms with van der Waals surface area (Å²) in [4.78, 5) is 0. The van der Waals surface area contributed by atoms with Crippen molar-refractivity contribution in [3.05, 3.63) is 0 Å². The molecule has 0 radical (unpaired) electrons. The molecular weight excluding hydrogens is 226 g/mol. The van der Waals surface area contributed by atoms with E-state index in [-0.39, 0.29) is 11.0 Å². The molecule has 5 heteroatoms. The molecule has 0 aromatic carbocycles. The molecule has 0 aromatic heterocycles. The number of aliphatic hydroxyl groups excluding tert-OH is 1. The third-order valence-corrected chi connectivity index (χ3v) is 4.95. The van der Waals surface area contributed by atoms with Crippen LogP contribution in [0.15, 0.2) is 0 Å². The molecule has 0 saturated carbocycles. The second-order valence-corrected chi connectivity index (χ2v) is 7.22. The fourth-order valence-corrected chi connectivity index (χ4v) is 2.77. The molecule has 0 aliphatic rings. The second-order valence-electron chi connectivity index (χ2n) is 4.75. The fraction of sp³-hybridized carbons (Fsp3) is 1.00. The van der Waals surface area contributed by atoms with E-state index in [9.17, 15) is 13.5 Å². The van der Waals surface area contributed by atoms with E-state index < -0.39 is 15.9 Å². The summed E-state index contributed by atoms with van der Waals surface area (Å²) in [5.74, 6) is 0.353. The van der Waals surface area contributed by atoms with E-state index in [1.165, 1.54) is 0 Å². The SMILES string of the molecule is CCC(C)S(=O)(=O)CC(O)CNCC(C)C. The normalized spacial score (nSPS) is 16.4. The number of rotatable bonds is 8. The Morgan fingerprint density at radius 2 is 1.75 bits per heavy atom. The Bertz CT molecular complexity index is 275. The van der Waals surface area contributed by atoms with Crippen molar-refractivity contribution in [1.82, 2.24) is 5.32 Å². The van der Waals surface area contributed by atoms with Gasteiger partial charge in [0, 0.05) is 6.54 Å². The van der Waals surface area contributed by atoms with Crippen LogP contribution in [0.1, 0.15) is 34.1 Å². The predicted molar refractivity (Wildman–Crippen MR) is 67.3 cm³/mol. The van der Waals surface area contributed by atoms with Gasteiger partial charge in [-0.05, 0) is 25.8 Å². The number of aliphatic hydroxyl groups is 1. The fourth-order valence-electron chi connectivity index (χ4n) is 1.28. The summed E-state index contributed by atoms with van der Waals surface area (Å²) in [6.07, 6.45) is -0.216. The molecule has 2 atom stereocenters. The minimum absolute atomic E-state index is 0.146. The zero-order valence-electron chi connectivity index (χ0n) is 10.7. The minimum Gasteiger partial charge on any atom is -0.391 e. The summed E-state index contributed by atoms with van der Waals surface area (Å²) < 4.78 is 23.4. The largest absolute Gasteiger partial charge is 0.391 e. The molecule has 0 amide bonds. The smallest absolute Gasteiger partial charge is 0.155 e. The highest BCUT2D eigenvalue weighted by atomic mass is 32.2. The lowest BCUT2D eigenvalue weighted by Gasteiger charge is -2.16. The van der Waals surface area contributed by atoms with Gasteiger partial charge in [0.05, 0.1) is 17.1 Å². The first kappa shape index (κ1) is 15.9. The Morgan fingerprint density at radius 1 is 1.19 bits per heavy atom. The van der Waals surface area contributed by atoms with Gasteiger partial charge in [-0.3, -0.25) is 0 Å². The summed E-state index contributed by atoms with van der Waals surface area (Å²) in [5, 5.41) is 12.3. The molecule has 0 bridgehead atoms. The Kier molecular flexibility index (Phi) is 7.19. The molecule has 0 rings (SSSR count). The Balaban J connectivity index is 4.00. The topological polar surface area (TPSA) is 66.4 Å². The van der Waals surface area contributed by atoms with E-state index >= 15 is 0 Å². The number of sulfone groups is 1. The highest BCUT2D eigenvalue weighted by Gasteiger charge is 2.22. The molecule has 0 aromatic rings. The van der Waals surface area contributed by atoms with E-state index in [1.807, 2.05) is 6.92 Å². The van der Waals surface area contributed by atoms with Crippen LogP contribution in [-0.4, -0.2) is 43.7 Å². The minimum atomic E-state index is -3.15. The van der Waals surface area contributed by atoms with E-state index in [0.29, 0.717) is 18.9 Å². The van der Waals surface area contributed by atoms with E-state index in [1.54, 1.807) is 6.92 Å². The van der Waals surface area contributed by atoms with Crippen molar-refractivity contribution in [2.24, 2.45) is 5.92 Å². The van der Waals surface area contributed by atoms with Gasteiger partial charge in [-0.2, -0.15) is 0 Å². The molecule has 4 nitrogen and oxygen atoms in total. The van der Waals surface area contributed by atoms with Crippen LogP contribution in [0.3, 0.4) is 0 Å². The van der Waals surface area contributed by atoms with Gasteiger partial charge in [-0.1, -0.05) is 20.8 Å². The van der Waals surface area contributed by atoms with E-state index in [2.05, 4.69) is 19.2 Å². The van der Waals surface area contributed by atoms with Crippen LogP contribution in [0.25, 0.3) is 0 Å². The maximum Gasteiger partial charge on any atom is 0.155 e. The number of hydrogen-bond donors (Lipinski definition) is 2. The van der Waals surface area contributed by atoms with Crippen LogP contribution < -0.4 is 5.32 Å². The Hall–Kier alpha value is -0.130. The monoisotopic (exact) mass is 251 g/mol. The summed E-state index contributed by atoms with van der Waals surface area (Å²) in [7, 11) is -3.15. The molecule has 0 heterocycles. The summed E-state index contributed by atoms with van der Waals surface area (Å²) in [5.41, 5.74) is 0. The maximum absolute atomic E-state index is 11.7. The lowest BCUT2D eigenvalue weighted by Crippen LogP contribution is -2.36. The Labute approximate surface area is 99.4 Å². The van der Waals surface area contributed by atoms with Gasteiger partial charge in [0.2, 0.25) is 0 Å². The number of hydrogen-bond acceptors (Lipinski definition) is 4. The molecule has 2 unspecified atom stereocenters. The van der Waals surface area contributed by atoms with Gasteiger partial charge in [-0.25, -0.2) is 8.42 Å². The van der Waals surface area contributed by atoms with E-state index in [0.717, 1.165) is 6.54 Å². The van der Waals surface area contributed by atoms with Crippen molar-refractivity contribution in [3.8, 4) is 0 Å². The van der Waals surface area contributed by atoms with Crippen LogP contribution in [0.5, 0.6) is 0 Å². The van der Waals surface area contributed by atoms with Gasteiger partial charge in [-0.15, -0.1) is 0 Å². The van der Waals surface area contributed by atoms with E-state index in [4.69, 9.17) is 0 Å². The molecule has 16 heavy (non-hydrogen) atoms. The van der Waals surface area contributed by atoms with Gasteiger partial charge in [0.25, 0.3) is 0 Å². The summed E-state index contributed by atoms with van der Waals surface area (Å²) >= 11 is 0. The molecule has 0 spiro atoms. The summed E-state index contributed by atoms with van der Waals surface area (Å²) in [6.45, 7) is 8.79. The molecule has 0 aliphatic heterocycles. The zero-order valence-corrected chi connectivity index (χ0v) is 11.5. The van der Waals surface area contributed by atoms with Crippen molar-refractivity contribution in [2.75, 3.05) is 18.8 Å². The average molecular weight is 251 g/mol. The van der Waals surface area contributed by atoms with Crippen molar-refractivity contribution < 1.29 is 13.5 Å². The zero-order chi connectivity index (χ0) is 12.8. The molecule has 0 fully saturated rings. The quantitative estimate of drug-likeness (QED) is 0.670. The lowest BCUT2D eigenvalue weighted by atomic mass is 10.2. The van der Waals surface area contributed by atoms with Crippen molar-refractivity contribution in [2.45, 2.75) is 45.5 Å². The van der Waals surface area contributed by atoms with Crippen molar-refractivity contribution >= 4 is 9.84 Å². The summed E-state index contributed by atoms with van der Waals surface area (Å²) in [6, 6.07) is 0. The van der Waals surface area contributed by atoms with Gasteiger partial charge >= 0.3 is 0 Å². The van der Waals surface area contributed by atoms with Crippen LogP contribution in [-0.2, 0) is 9.84 Å². The average Bonchev–Trinajstić information content (AvgIpc) is 2.14. The van der Waals surface area contributed by atoms with Gasteiger partial charge < -0.3 is 10.4 Å². The predicted octanol–water partition coefficient (Wildman–Crippen LogP) is 0.806. The molecule has 98 valence electrons. The van der Waals surface area contributed by atoms with Crippen LogP contribution >= 0.6 is 0 Å². The van der Waals surface area contributed by atoms with Crippen LogP contribution in [0, 0.1) is 5.92 Å². The molecule has 0 saturated heterocycles. The molecular formula is C11H25NO3S. The molecule has 0 aliphatic carbocycles. The third kappa shape index (κ3) is 6.45. The first-order chi connectivity index (χ1) is 7.29. The second kappa shape index (κ2) is 7.25. The van der Waals surface area contributed by atoms with Crippen molar-refractivity contribution in [3.63, 3.8) is 0 Å². The van der Waals surface area contributed by atoms with Gasteiger partial charge in [0.15, 0.2) is 9.84 Å².